The van der Waals surface area contributed by atoms with E-state index in [9.17, 15) is 0 Å². The Labute approximate surface area is 106 Å². The molecule has 1 heterocycles. The number of hydrogen-bond donors (Lipinski definition) is 1. The molecule has 1 aromatic heterocycles. The fourth-order valence-electron chi connectivity index (χ4n) is 1.59. The smallest absolute Gasteiger partial charge is 0.133 e. The van der Waals surface area contributed by atoms with E-state index in [1.807, 2.05) is 18.2 Å². The van der Waals surface area contributed by atoms with E-state index >= 15 is 0 Å². The lowest BCUT2D eigenvalue weighted by Gasteiger charge is -2.06. The van der Waals surface area contributed by atoms with Crippen LogP contribution in [0.5, 0.6) is 0 Å². The maximum Gasteiger partial charge on any atom is 0.133 e. The van der Waals surface area contributed by atoms with Gasteiger partial charge in [-0.25, -0.2) is 9.97 Å². The summed E-state index contributed by atoms with van der Waals surface area (Å²) in [5, 5.41) is 3.24. The zero-order chi connectivity index (χ0) is 11.9. The van der Waals surface area contributed by atoms with Crippen LogP contribution < -0.4 is 5.32 Å². The second kappa shape index (κ2) is 6.21. The molecule has 2 rings (SSSR count). The summed E-state index contributed by atoms with van der Waals surface area (Å²) >= 11 is 5.69. The van der Waals surface area contributed by atoms with E-state index in [0.717, 1.165) is 24.3 Å². The molecule has 3 nitrogen and oxygen atoms in total. The number of hydrogen-bond acceptors (Lipinski definition) is 3. The number of halogens is 1. The first-order chi connectivity index (χ1) is 8.38. The molecule has 4 heteroatoms. The van der Waals surface area contributed by atoms with Crippen LogP contribution in [0.15, 0.2) is 42.9 Å². The van der Waals surface area contributed by atoms with E-state index in [-0.39, 0.29) is 0 Å². The van der Waals surface area contributed by atoms with Crippen molar-refractivity contribution >= 4 is 23.1 Å². The Morgan fingerprint density at radius 3 is 2.94 bits per heavy atom. The summed E-state index contributed by atoms with van der Waals surface area (Å²) in [6.07, 6.45) is 5.24. The number of nitrogens with one attached hydrogen (secondary N) is 1. The van der Waals surface area contributed by atoms with Crippen LogP contribution >= 0.6 is 11.6 Å². The number of nitrogens with zero attached hydrogens (tertiary/aromatic N) is 2. The highest BCUT2D eigenvalue weighted by atomic mass is 35.5. The molecule has 0 aliphatic heterocycles. The average molecular weight is 248 g/mol. The lowest BCUT2D eigenvalue weighted by molar-refractivity contribution is 0.929. The van der Waals surface area contributed by atoms with Crippen molar-refractivity contribution in [2.75, 3.05) is 11.2 Å². The molecule has 0 bridgehead atoms. The summed E-state index contributed by atoms with van der Waals surface area (Å²) in [6, 6.07) is 10.1. The van der Waals surface area contributed by atoms with Crippen molar-refractivity contribution < 1.29 is 0 Å². The zero-order valence-electron chi connectivity index (χ0n) is 9.44. The van der Waals surface area contributed by atoms with Gasteiger partial charge >= 0.3 is 0 Å². The van der Waals surface area contributed by atoms with Gasteiger partial charge in [0.2, 0.25) is 0 Å². The van der Waals surface area contributed by atoms with Gasteiger partial charge in [0.1, 0.15) is 12.1 Å². The van der Waals surface area contributed by atoms with Crippen molar-refractivity contribution in [2.24, 2.45) is 0 Å². The molecule has 0 amide bonds. The normalized spacial score (nSPS) is 10.2. The second-order valence-electron chi connectivity index (χ2n) is 3.71. The van der Waals surface area contributed by atoms with Crippen molar-refractivity contribution in [1.82, 2.24) is 9.97 Å². The summed E-state index contributed by atoms with van der Waals surface area (Å²) in [4.78, 5) is 8.00. The van der Waals surface area contributed by atoms with Gasteiger partial charge in [0.05, 0.1) is 0 Å². The Bertz CT molecular complexity index is 459. The fourth-order valence-corrected chi connectivity index (χ4v) is 1.72. The van der Waals surface area contributed by atoms with Crippen molar-refractivity contribution in [3.05, 3.63) is 48.4 Å². The van der Waals surface area contributed by atoms with Crippen LogP contribution in [0.4, 0.5) is 11.5 Å². The SMILES string of the molecule is ClCCCc1cccc(Nc2ccncn2)c1. The molecule has 0 aliphatic carbocycles. The number of anilines is 2. The van der Waals surface area contributed by atoms with Gasteiger partial charge in [-0.05, 0) is 36.6 Å². The van der Waals surface area contributed by atoms with Gasteiger partial charge in [-0.3, -0.25) is 0 Å². The van der Waals surface area contributed by atoms with Crippen LogP contribution in [0.3, 0.4) is 0 Å². The molecule has 0 radical (unpaired) electrons. The summed E-state index contributed by atoms with van der Waals surface area (Å²) in [6.45, 7) is 0. The van der Waals surface area contributed by atoms with Crippen LogP contribution in [-0.2, 0) is 6.42 Å². The summed E-state index contributed by atoms with van der Waals surface area (Å²) in [5.41, 5.74) is 2.32. The Morgan fingerprint density at radius 1 is 1.24 bits per heavy atom. The minimum Gasteiger partial charge on any atom is -0.340 e. The average Bonchev–Trinajstić information content (AvgIpc) is 2.38. The zero-order valence-corrected chi connectivity index (χ0v) is 10.2. The predicted octanol–water partition coefficient (Wildman–Crippen LogP) is 3.39. The third-order valence-corrected chi connectivity index (χ3v) is 2.65. The third-order valence-electron chi connectivity index (χ3n) is 2.38. The monoisotopic (exact) mass is 247 g/mol. The highest BCUT2D eigenvalue weighted by Crippen LogP contribution is 2.16. The Balaban J connectivity index is 2.06. The fraction of sp³-hybridized carbons (Fsp3) is 0.231. The molecule has 88 valence electrons. The molecular formula is C13H14ClN3. The predicted molar refractivity (Wildman–Crippen MR) is 70.8 cm³/mol. The maximum atomic E-state index is 5.69. The van der Waals surface area contributed by atoms with Crippen LogP contribution in [0, 0.1) is 0 Å². The van der Waals surface area contributed by atoms with Crippen LogP contribution in [0.1, 0.15) is 12.0 Å². The molecule has 0 saturated heterocycles. The van der Waals surface area contributed by atoms with Crippen molar-refractivity contribution in [2.45, 2.75) is 12.8 Å². The number of benzene rings is 1. The Morgan fingerprint density at radius 2 is 2.18 bits per heavy atom. The Hall–Kier alpha value is -1.61. The van der Waals surface area contributed by atoms with E-state index in [1.54, 1.807) is 6.20 Å². The molecule has 0 saturated carbocycles. The number of aryl methyl sites for hydroxylation is 1. The minimum atomic E-state index is 0.698. The molecule has 0 spiro atoms. The molecule has 0 fully saturated rings. The lowest BCUT2D eigenvalue weighted by atomic mass is 10.1. The van der Waals surface area contributed by atoms with Crippen molar-refractivity contribution in [3.8, 4) is 0 Å². The van der Waals surface area contributed by atoms with Gasteiger partial charge in [0, 0.05) is 17.8 Å². The minimum absolute atomic E-state index is 0.698. The third kappa shape index (κ3) is 3.71. The largest absolute Gasteiger partial charge is 0.340 e. The molecule has 0 unspecified atom stereocenters. The molecule has 1 aromatic carbocycles. The molecule has 17 heavy (non-hydrogen) atoms. The number of aromatic nitrogens is 2. The summed E-state index contributed by atoms with van der Waals surface area (Å²) in [7, 11) is 0. The standard InChI is InChI=1S/C13H14ClN3/c14-7-2-4-11-3-1-5-12(9-11)17-13-6-8-15-10-16-13/h1,3,5-6,8-10H,2,4,7H2,(H,15,16,17). The molecule has 2 aromatic rings. The topological polar surface area (TPSA) is 37.8 Å². The van der Waals surface area contributed by atoms with Crippen LogP contribution in [-0.4, -0.2) is 15.8 Å². The first-order valence-electron chi connectivity index (χ1n) is 5.56. The van der Waals surface area contributed by atoms with Gasteiger partial charge < -0.3 is 5.32 Å². The van der Waals surface area contributed by atoms with E-state index in [4.69, 9.17) is 11.6 Å². The van der Waals surface area contributed by atoms with Gasteiger partial charge in [0.25, 0.3) is 0 Å². The molecule has 0 aliphatic rings. The van der Waals surface area contributed by atoms with Crippen LogP contribution in [0.2, 0.25) is 0 Å². The molecule has 0 atom stereocenters. The van der Waals surface area contributed by atoms with Gasteiger partial charge in [0.15, 0.2) is 0 Å². The summed E-state index contributed by atoms with van der Waals surface area (Å²) < 4.78 is 0. The highest BCUT2D eigenvalue weighted by molar-refractivity contribution is 6.17. The van der Waals surface area contributed by atoms with E-state index in [0.29, 0.717) is 5.88 Å². The number of alkyl halides is 1. The van der Waals surface area contributed by atoms with E-state index in [1.165, 1.54) is 11.9 Å². The molecular weight excluding hydrogens is 234 g/mol. The van der Waals surface area contributed by atoms with Gasteiger partial charge in [-0.15, -0.1) is 11.6 Å². The van der Waals surface area contributed by atoms with E-state index in [2.05, 4.69) is 27.4 Å². The quantitative estimate of drug-likeness (QED) is 0.823. The van der Waals surface area contributed by atoms with Gasteiger partial charge in [-0.2, -0.15) is 0 Å². The first kappa shape index (κ1) is 11.9. The summed E-state index contributed by atoms with van der Waals surface area (Å²) in [5.74, 6) is 1.50. The number of rotatable bonds is 5. The van der Waals surface area contributed by atoms with E-state index < -0.39 is 0 Å². The maximum absolute atomic E-state index is 5.69. The second-order valence-corrected chi connectivity index (χ2v) is 4.09. The first-order valence-corrected chi connectivity index (χ1v) is 6.10. The van der Waals surface area contributed by atoms with Crippen molar-refractivity contribution in [1.29, 1.82) is 0 Å². The molecule has 1 N–H and O–H groups in total. The lowest BCUT2D eigenvalue weighted by Crippen LogP contribution is -1.94. The van der Waals surface area contributed by atoms with Gasteiger partial charge in [-0.1, -0.05) is 12.1 Å². The van der Waals surface area contributed by atoms with Crippen LogP contribution in [0.25, 0.3) is 0 Å². The Kier molecular flexibility index (Phi) is 4.33. The van der Waals surface area contributed by atoms with Crippen molar-refractivity contribution in [3.63, 3.8) is 0 Å². The highest BCUT2D eigenvalue weighted by Gasteiger charge is 1.97.